The highest BCUT2D eigenvalue weighted by Gasteiger charge is 2.07. The molecule has 96 valence electrons. The van der Waals surface area contributed by atoms with Crippen molar-refractivity contribution in [2.24, 2.45) is 0 Å². The van der Waals surface area contributed by atoms with Crippen molar-refractivity contribution < 1.29 is 4.79 Å². The third-order valence-electron chi connectivity index (χ3n) is 2.34. The van der Waals surface area contributed by atoms with Crippen molar-refractivity contribution in [3.8, 4) is 0 Å². The fourth-order valence-electron chi connectivity index (χ4n) is 1.32. The Kier molecular flexibility index (Phi) is 6.04. The predicted octanol–water partition coefficient (Wildman–Crippen LogP) is 2.26. The van der Waals surface area contributed by atoms with Crippen LogP contribution in [0.4, 0.5) is 4.79 Å². The number of hydrogen-bond donors (Lipinski definition) is 2. The number of nitrogens with one attached hydrogen (secondary N) is 2. The minimum atomic E-state index is -0.142. The Morgan fingerprint density at radius 2 is 2.24 bits per heavy atom. The van der Waals surface area contributed by atoms with Gasteiger partial charge in [0.1, 0.15) is 0 Å². The summed E-state index contributed by atoms with van der Waals surface area (Å²) in [5.74, 6) is 0. The molecule has 2 N–H and O–H groups in total. The third kappa shape index (κ3) is 4.77. The summed E-state index contributed by atoms with van der Waals surface area (Å²) in [7, 11) is 0. The fourth-order valence-corrected chi connectivity index (χ4v) is 1.78. The average molecular weight is 303 g/mol. The van der Waals surface area contributed by atoms with Crippen molar-refractivity contribution in [3.05, 3.63) is 16.4 Å². The van der Waals surface area contributed by atoms with Gasteiger partial charge in [-0.3, -0.25) is 4.68 Å². The smallest absolute Gasteiger partial charge is 0.315 e. The Morgan fingerprint density at radius 1 is 1.47 bits per heavy atom. The summed E-state index contributed by atoms with van der Waals surface area (Å²) in [6.07, 6.45) is 3.99. The van der Waals surface area contributed by atoms with E-state index in [2.05, 4.69) is 38.6 Å². The van der Waals surface area contributed by atoms with E-state index in [0.717, 1.165) is 29.6 Å². The van der Waals surface area contributed by atoms with E-state index < -0.39 is 0 Å². The quantitative estimate of drug-likeness (QED) is 0.792. The molecule has 0 saturated heterocycles. The molecule has 5 nitrogen and oxygen atoms in total. The van der Waals surface area contributed by atoms with Crippen LogP contribution in [0.5, 0.6) is 0 Å². The minimum absolute atomic E-state index is 0.142. The largest absolute Gasteiger partial charge is 0.338 e. The Bertz CT molecular complexity index is 364. The molecular weight excluding hydrogens is 284 g/mol. The van der Waals surface area contributed by atoms with Gasteiger partial charge in [0.25, 0.3) is 0 Å². The maximum atomic E-state index is 11.4. The molecule has 0 aliphatic heterocycles. The van der Waals surface area contributed by atoms with Crippen LogP contribution in [0.1, 0.15) is 32.4 Å². The van der Waals surface area contributed by atoms with Crippen molar-refractivity contribution in [3.63, 3.8) is 0 Å². The molecule has 0 unspecified atom stereocenters. The lowest BCUT2D eigenvalue weighted by Crippen LogP contribution is -2.35. The van der Waals surface area contributed by atoms with Gasteiger partial charge >= 0.3 is 6.03 Å². The molecule has 0 bridgehead atoms. The zero-order valence-electron chi connectivity index (χ0n) is 10.3. The van der Waals surface area contributed by atoms with E-state index in [4.69, 9.17) is 0 Å². The van der Waals surface area contributed by atoms with Gasteiger partial charge in [-0.05, 0) is 29.3 Å². The number of unbranched alkanes of at least 4 members (excludes halogenated alkanes) is 1. The molecule has 0 atom stereocenters. The third-order valence-corrected chi connectivity index (χ3v) is 3.01. The molecule has 0 aromatic carbocycles. The van der Waals surface area contributed by atoms with Crippen LogP contribution in [0.3, 0.4) is 0 Å². The standard InChI is InChI=1S/C11H19BrN4O/c1-3-5-6-13-11(17)14-7-10-9(12)8-16(4-2)15-10/h8H,3-7H2,1-2H3,(H2,13,14,17). The summed E-state index contributed by atoms with van der Waals surface area (Å²) < 4.78 is 2.75. The number of aromatic nitrogens is 2. The van der Waals surface area contributed by atoms with E-state index in [1.54, 1.807) is 0 Å². The first-order valence-electron chi connectivity index (χ1n) is 5.90. The highest BCUT2D eigenvalue weighted by Crippen LogP contribution is 2.14. The summed E-state index contributed by atoms with van der Waals surface area (Å²) in [5, 5.41) is 9.90. The van der Waals surface area contributed by atoms with Gasteiger partial charge in [-0.1, -0.05) is 13.3 Å². The van der Waals surface area contributed by atoms with Gasteiger partial charge < -0.3 is 10.6 Å². The second-order valence-corrected chi connectivity index (χ2v) is 4.60. The van der Waals surface area contributed by atoms with Crippen molar-refractivity contribution in [2.45, 2.75) is 39.8 Å². The van der Waals surface area contributed by atoms with E-state index in [9.17, 15) is 4.79 Å². The van der Waals surface area contributed by atoms with Crippen LogP contribution in [0.15, 0.2) is 10.7 Å². The molecule has 0 radical (unpaired) electrons. The van der Waals surface area contributed by atoms with Crippen LogP contribution >= 0.6 is 15.9 Å². The summed E-state index contributed by atoms with van der Waals surface area (Å²) in [4.78, 5) is 11.4. The Balaban J connectivity index is 2.34. The first-order valence-corrected chi connectivity index (χ1v) is 6.70. The number of rotatable bonds is 6. The van der Waals surface area contributed by atoms with E-state index in [1.165, 1.54) is 0 Å². The lowest BCUT2D eigenvalue weighted by molar-refractivity contribution is 0.240. The van der Waals surface area contributed by atoms with Crippen molar-refractivity contribution in [1.29, 1.82) is 0 Å². The summed E-state index contributed by atoms with van der Waals surface area (Å²) in [6.45, 7) is 6.09. The molecule has 1 aromatic heterocycles. The lowest BCUT2D eigenvalue weighted by Gasteiger charge is -2.05. The van der Waals surface area contributed by atoms with E-state index >= 15 is 0 Å². The molecule has 1 rings (SSSR count). The zero-order chi connectivity index (χ0) is 12.7. The first-order chi connectivity index (χ1) is 8.17. The first kappa shape index (κ1) is 14.0. The molecule has 6 heteroatoms. The lowest BCUT2D eigenvalue weighted by atomic mass is 10.3. The topological polar surface area (TPSA) is 59.0 Å². The Labute approximate surface area is 110 Å². The van der Waals surface area contributed by atoms with Gasteiger partial charge in [-0.25, -0.2) is 4.79 Å². The van der Waals surface area contributed by atoms with Gasteiger partial charge in [0.2, 0.25) is 0 Å². The number of carbonyl (C=O) groups excluding carboxylic acids is 1. The second kappa shape index (κ2) is 7.32. The molecule has 1 heterocycles. The summed E-state index contributed by atoms with van der Waals surface area (Å²) in [5.41, 5.74) is 0.845. The van der Waals surface area contributed by atoms with Crippen LogP contribution < -0.4 is 10.6 Å². The fraction of sp³-hybridized carbons (Fsp3) is 0.636. The molecule has 0 aliphatic carbocycles. The van der Waals surface area contributed by atoms with Gasteiger partial charge in [0.15, 0.2) is 0 Å². The van der Waals surface area contributed by atoms with Crippen molar-refractivity contribution in [1.82, 2.24) is 20.4 Å². The zero-order valence-corrected chi connectivity index (χ0v) is 11.9. The summed E-state index contributed by atoms with van der Waals surface area (Å²) in [6, 6.07) is -0.142. The van der Waals surface area contributed by atoms with Crippen molar-refractivity contribution >= 4 is 22.0 Å². The molecule has 1 aromatic rings. The highest BCUT2D eigenvalue weighted by molar-refractivity contribution is 9.10. The minimum Gasteiger partial charge on any atom is -0.338 e. The van der Waals surface area contributed by atoms with E-state index in [1.807, 2.05) is 17.8 Å². The molecule has 0 aliphatic rings. The average Bonchev–Trinajstić information content (AvgIpc) is 2.68. The maximum Gasteiger partial charge on any atom is 0.315 e. The molecule has 0 spiro atoms. The Hall–Kier alpha value is -1.04. The van der Waals surface area contributed by atoms with E-state index in [-0.39, 0.29) is 6.03 Å². The monoisotopic (exact) mass is 302 g/mol. The maximum absolute atomic E-state index is 11.4. The molecular formula is C11H19BrN4O. The van der Waals surface area contributed by atoms with Crippen LogP contribution in [-0.2, 0) is 13.1 Å². The highest BCUT2D eigenvalue weighted by atomic mass is 79.9. The molecule has 17 heavy (non-hydrogen) atoms. The normalized spacial score (nSPS) is 10.3. The number of carbonyl (C=O) groups is 1. The predicted molar refractivity (Wildman–Crippen MR) is 70.7 cm³/mol. The van der Waals surface area contributed by atoms with Gasteiger partial charge in [0, 0.05) is 19.3 Å². The SMILES string of the molecule is CCCCNC(=O)NCc1nn(CC)cc1Br. The van der Waals surface area contributed by atoms with E-state index in [0.29, 0.717) is 13.1 Å². The number of hydrogen-bond acceptors (Lipinski definition) is 2. The van der Waals surface area contributed by atoms with Crippen LogP contribution in [0.2, 0.25) is 0 Å². The van der Waals surface area contributed by atoms with Crippen LogP contribution in [-0.4, -0.2) is 22.4 Å². The number of nitrogens with zero attached hydrogens (tertiary/aromatic N) is 2. The summed E-state index contributed by atoms with van der Waals surface area (Å²) >= 11 is 3.42. The van der Waals surface area contributed by atoms with Gasteiger partial charge in [-0.15, -0.1) is 0 Å². The molecule has 0 fully saturated rings. The van der Waals surface area contributed by atoms with Gasteiger partial charge in [0.05, 0.1) is 16.7 Å². The van der Waals surface area contributed by atoms with Gasteiger partial charge in [-0.2, -0.15) is 5.10 Å². The molecule has 2 amide bonds. The number of amides is 2. The number of urea groups is 1. The molecule has 0 saturated carbocycles. The second-order valence-electron chi connectivity index (χ2n) is 3.74. The number of halogens is 1. The number of aryl methyl sites for hydroxylation is 1. The van der Waals surface area contributed by atoms with Crippen LogP contribution in [0.25, 0.3) is 0 Å². The van der Waals surface area contributed by atoms with Crippen LogP contribution in [0, 0.1) is 0 Å². The Morgan fingerprint density at radius 3 is 2.82 bits per heavy atom. The van der Waals surface area contributed by atoms with Crippen molar-refractivity contribution in [2.75, 3.05) is 6.54 Å².